The van der Waals surface area contributed by atoms with Gasteiger partial charge in [0.25, 0.3) is 0 Å². The fraction of sp³-hybridized carbons (Fsp3) is 0.444. The van der Waals surface area contributed by atoms with E-state index in [2.05, 4.69) is 26.6 Å². The van der Waals surface area contributed by atoms with Crippen molar-refractivity contribution in [3.63, 3.8) is 0 Å². The van der Waals surface area contributed by atoms with E-state index in [1.165, 1.54) is 37.6 Å². The highest BCUT2D eigenvalue weighted by Gasteiger charge is 2.36. The number of nitrogens with one attached hydrogen (secondary N) is 1. The van der Waals surface area contributed by atoms with Crippen LogP contribution in [0.2, 0.25) is 0 Å². The highest BCUT2D eigenvalue weighted by Crippen LogP contribution is 2.42. The molecule has 1 aliphatic carbocycles. The van der Waals surface area contributed by atoms with E-state index >= 15 is 0 Å². The van der Waals surface area contributed by atoms with Crippen molar-refractivity contribution in [3.8, 4) is 5.75 Å². The van der Waals surface area contributed by atoms with Crippen molar-refractivity contribution in [1.29, 1.82) is 0 Å². The lowest BCUT2D eigenvalue weighted by atomic mass is 9.88. The van der Waals surface area contributed by atoms with Crippen LogP contribution in [0, 0.1) is 0 Å². The van der Waals surface area contributed by atoms with Crippen LogP contribution in [-0.4, -0.2) is 62.0 Å². The summed E-state index contributed by atoms with van der Waals surface area (Å²) in [6, 6.07) is 6.57. The van der Waals surface area contributed by atoms with Gasteiger partial charge in [-0.3, -0.25) is 9.69 Å². The van der Waals surface area contributed by atoms with Crippen LogP contribution in [0.25, 0.3) is 11.8 Å². The number of benzene rings is 1. The number of carbonyl (C=O) groups excluding carboxylic acids is 1. The summed E-state index contributed by atoms with van der Waals surface area (Å²) in [4.78, 5) is 17.5. The minimum Gasteiger partial charge on any atom is -0.494 e. The van der Waals surface area contributed by atoms with Gasteiger partial charge in [-0.15, -0.1) is 11.3 Å². The third-order valence-electron chi connectivity index (χ3n) is 7.03. The van der Waals surface area contributed by atoms with Crippen LogP contribution in [-0.2, 0) is 17.6 Å². The van der Waals surface area contributed by atoms with E-state index in [0.29, 0.717) is 6.04 Å². The molecule has 0 radical (unpaired) electrons. The van der Waals surface area contributed by atoms with Gasteiger partial charge in [0.15, 0.2) is 0 Å². The number of aryl methyl sites for hydroxylation is 1. The Labute approximate surface area is 200 Å². The van der Waals surface area contributed by atoms with Gasteiger partial charge >= 0.3 is 0 Å². The normalized spacial score (nSPS) is 19.7. The number of carbonyl (C=O) groups is 1. The second kappa shape index (κ2) is 10.1. The Kier molecular flexibility index (Phi) is 6.83. The van der Waals surface area contributed by atoms with Crippen molar-refractivity contribution in [2.24, 2.45) is 0 Å². The molecule has 174 valence electrons. The summed E-state index contributed by atoms with van der Waals surface area (Å²) >= 11 is 1.97. The van der Waals surface area contributed by atoms with Crippen molar-refractivity contribution >= 4 is 35.1 Å². The Morgan fingerprint density at radius 3 is 3.09 bits per heavy atom. The average molecular weight is 464 g/mol. The fourth-order valence-electron chi connectivity index (χ4n) is 5.41. The van der Waals surface area contributed by atoms with Crippen molar-refractivity contribution < 1.29 is 9.53 Å². The minimum atomic E-state index is 0.626. The number of nitrogens with zero attached hydrogens (tertiary/aromatic N) is 2. The number of allylic oxidation sites excluding steroid dienone is 2. The van der Waals surface area contributed by atoms with Crippen LogP contribution in [0.1, 0.15) is 40.8 Å². The first-order valence-electron chi connectivity index (χ1n) is 12.1. The van der Waals surface area contributed by atoms with Crippen molar-refractivity contribution in [2.75, 3.05) is 45.2 Å². The van der Waals surface area contributed by atoms with E-state index < -0.39 is 0 Å². The molecular formula is C27H33N3O2S. The van der Waals surface area contributed by atoms with Crippen LogP contribution in [0.15, 0.2) is 35.7 Å². The molecule has 1 N–H and O–H groups in total. The number of piperazine rings is 1. The topological polar surface area (TPSA) is 44.8 Å². The number of hydrogen-bond donors (Lipinski definition) is 1. The van der Waals surface area contributed by atoms with Crippen molar-refractivity contribution in [3.05, 3.63) is 57.3 Å². The molecule has 6 heteroatoms. The molecule has 3 aliphatic rings. The SMILES string of the molecule is CNc1cc(OCCCCN2CCN3C4=CCCc5scc(c54)CC3C2)ccc1/C=C\C=O. The van der Waals surface area contributed by atoms with Gasteiger partial charge in [-0.2, -0.15) is 0 Å². The van der Waals surface area contributed by atoms with Crippen LogP contribution < -0.4 is 10.1 Å². The smallest absolute Gasteiger partial charge is 0.142 e. The molecule has 0 bridgehead atoms. The molecule has 33 heavy (non-hydrogen) atoms. The zero-order chi connectivity index (χ0) is 22.6. The van der Waals surface area contributed by atoms with E-state index in [1.54, 1.807) is 22.1 Å². The van der Waals surface area contributed by atoms with Gasteiger partial charge in [0, 0.05) is 60.6 Å². The maximum absolute atomic E-state index is 10.6. The number of unbranched alkanes of at least 4 members (excludes halogenated alkanes) is 1. The largest absolute Gasteiger partial charge is 0.494 e. The molecule has 1 aromatic carbocycles. The summed E-state index contributed by atoms with van der Waals surface area (Å²) in [5.41, 5.74) is 6.65. The standard InChI is InChI=1S/C27H33N3O2S/c1-28-24-17-23(10-9-20(24)6-5-14-31)32-15-3-2-11-29-12-13-30-22(18-29)16-21-19-33-26-8-4-7-25(30)27(21)26/h5-7,9-10,14,17,19,22,28H,2-4,8,11-13,15-16,18H2,1H3/b6-5-. The summed E-state index contributed by atoms with van der Waals surface area (Å²) < 4.78 is 5.99. The van der Waals surface area contributed by atoms with Gasteiger partial charge in [-0.25, -0.2) is 0 Å². The van der Waals surface area contributed by atoms with Gasteiger partial charge in [-0.1, -0.05) is 6.08 Å². The first-order chi connectivity index (χ1) is 16.3. The minimum absolute atomic E-state index is 0.626. The summed E-state index contributed by atoms with van der Waals surface area (Å²) in [5.74, 6) is 0.866. The van der Waals surface area contributed by atoms with E-state index in [-0.39, 0.29) is 0 Å². The van der Waals surface area contributed by atoms with Crippen LogP contribution in [0.4, 0.5) is 5.69 Å². The summed E-state index contributed by atoms with van der Waals surface area (Å²) in [7, 11) is 1.88. The molecule has 1 fully saturated rings. The maximum Gasteiger partial charge on any atom is 0.142 e. The molecule has 1 atom stereocenters. The Hall–Kier alpha value is -2.57. The monoisotopic (exact) mass is 463 g/mol. The molecule has 0 amide bonds. The number of ether oxygens (including phenoxy) is 1. The van der Waals surface area contributed by atoms with Gasteiger partial charge in [0.1, 0.15) is 12.0 Å². The second-order valence-electron chi connectivity index (χ2n) is 9.09. The molecule has 2 aromatic rings. The molecule has 1 unspecified atom stereocenters. The van der Waals surface area contributed by atoms with E-state index in [4.69, 9.17) is 4.74 Å². The fourth-order valence-corrected chi connectivity index (χ4v) is 6.50. The Bertz CT molecular complexity index is 1060. The number of fused-ring (bicyclic) bond motifs is 2. The number of aldehydes is 1. The molecule has 1 aromatic heterocycles. The number of rotatable bonds is 9. The molecule has 5 rings (SSSR count). The second-order valence-corrected chi connectivity index (χ2v) is 10.1. The lowest BCUT2D eigenvalue weighted by Gasteiger charge is -2.47. The van der Waals surface area contributed by atoms with Crippen molar-refractivity contribution in [1.82, 2.24) is 9.80 Å². The van der Waals surface area contributed by atoms with Gasteiger partial charge in [0.2, 0.25) is 0 Å². The summed E-state index contributed by atoms with van der Waals surface area (Å²) in [5, 5.41) is 5.59. The number of hydrogen-bond acceptors (Lipinski definition) is 6. The lowest BCUT2D eigenvalue weighted by molar-refractivity contribution is -0.104. The maximum atomic E-state index is 10.6. The first kappa shape index (κ1) is 22.2. The lowest BCUT2D eigenvalue weighted by Crippen LogP contribution is -2.54. The van der Waals surface area contributed by atoms with Gasteiger partial charge in [-0.05, 0) is 79.4 Å². The third-order valence-corrected chi connectivity index (χ3v) is 8.12. The Balaban J connectivity index is 1.08. The van der Waals surface area contributed by atoms with Crippen LogP contribution >= 0.6 is 11.3 Å². The van der Waals surface area contributed by atoms with Crippen molar-refractivity contribution in [2.45, 2.75) is 38.1 Å². The zero-order valence-corrected chi connectivity index (χ0v) is 20.2. The van der Waals surface area contributed by atoms with E-state index in [9.17, 15) is 4.79 Å². The highest BCUT2D eigenvalue weighted by molar-refractivity contribution is 7.10. The molecule has 5 nitrogen and oxygen atoms in total. The molecule has 2 aliphatic heterocycles. The Morgan fingerprint density at radius 2 is 2.21 bits per heavy atom. The summed E-state index contributed by atoms with van der Waals surface area (Å²) in [6.45, 7) is 5.35. The van der Waals surface area contributed by atoms with E-state index in [1.807, 2.05) is 36.6 Å². The molecule has 1 saturated heterocycles. The molecule has 0 saturated carbocycles. The van der Waals surface area contributed by atoms with Crippen LogP contribution in [0.3, 0.4) is 0 Å². The van der Waals surface area contributed by atoms with Gasteiger partial charge in [0.05, 0.1) is 6.61 Å². The number of thiophene rings is 1. The predicted octanol–water partition coefficient (Wildman–Crippen LogP) is 4.69. The molecule has 3 heterocycles. The third kappa shape index (κ3) is 4.73. The molecule has 0 spiro atoms. The molecular weight excluding hydrogens is 430 g/mol. The Morgan fingerprint density at radius 1 is 1.27 bits per heavy atom. The quantitative estimate of drug-likeness (QED) is 0.332. The first-order valence-corrected chi connectivity index (χ1v) is 13.0. The summed E-state index contributed by atoms with van der Waals surface area (Å²) in [6.07, 6.45) is 12.4. The zero-order valence-electron chi connectivity index (χ0n) is 19.4. The van der Waals surface area contributed by atoms with E-state index in [0.717, 1.165) is 62.4 Å². The number of anilines is 1. The highest BCUT2D eigenvalue weighted by atomic mass is 32.1. The van der Waals surface area contributed by atoms with Crippen LogP contribution in [0.5, 0.6) is 5.75 Å². The van der Waals surface area contributed by atoms with Gasteiger partial charge < -0.3 is 15.0 Å². The predicted molar refractivity (Wildman–Crippen MR) is 137 cm³/mol. The average Bonchev–Trinajstić information content (AvgIpc) is 3.26.